The van der Waals surface area contributed by atoms with E-state index < -0.39 is 53.7 Å². The number of rotatable bonds is 10. The van der Waals surface area contributed by atoms with Gasteiger partial charge in [0.25, 0.3) is 5.56 Å². The second-order valence-electron chi connectivity index (χ2n) is 6.13. The Morgan fingerprint density at radius 1 is 1.16 bits per heavy atom. The molecule has 19 heteroatoms. The molecule has 1 aliphatic heterocycles. The first-order valence-corrected chi connectivity index (χ1v) is 12.9. The minimum atomic E-state index is -5.62. The number of nitrogens with zero attached hydrogens (tertiary/aromatic N) is 1. The lowest BCUT2D eigenvalue weighted by Gasteiger charge is -2.19. The van der Waals surface area contributed by atoms with Gasteiger partial charge in [-0.1, -0.05) is 6.08 Å². The van der Waals surface area contributed by atoms with Gasteiger partial charge in [-0.3, -0.25) is 18.9 Å². The number of aromatic nitrogens is 2. The molecule has 0 spiro atoms. The van der Waals surface area contributed by atoms with Gasteiger partial charge in [0, 0.05) is 11.8 Å². The molecular formula is C12H20N3O13P3. The fourth-order valence-electron chi connectivity index (χ4n) is 2.58. The van der Waals surface area contributed by atoms with Crippen LogP contribution >= 0.6 is 23.5 Å². The van der Waals surface area contributed by atoms with E-state index in [4.69, 9.17) is 25.2 Å². The fraction of sp³-hybridized carbons (Fsp3) is 0.500. The van der Waals surface area contributed by atoms with Crippen LogP contribution in [0, 0.1) is 0 Å². The number of H-pyrrole nitrogens is 1. The molecule has 2 unspecified atom stereocenters. The van der Waals surface area contributed by atoms with Crippen molar-refractivity contribution in [2.45, 2.75) is 31.6 Å². The standard InChI is InChI=1S/C12H20N3O13P3/c13-5-1-2-8-6-15(12(17)14-11(8)16)10-4-3-9(26-10)7-25-30(21,22)28-31(23,24)27-29(18,19)20/h1,5-6,9-10H,2-4,7,13H2,(H,21,22)(H,23,24)(H,14,16,17)(H2,18,19,20)/t9-,10+/m0/s1. The van der Waals surface area contributed by atoms with Crippen molar-refractivity contribution in [2.24, 2.45) is 5.73 Å². The molecular weight excluding hydrogens is 487 g/mol. The van der Waals surface area contributed by atoms with Crippen LogP contribution in [0.2, 0.25) is 0 Å². The van der Waals surface area contributed by atoms with Gasteiger partial charge in [-0.05, 0) is 25.5 Å². The highest BCUT2D eigenvalue weighted by Crippen LogP contribution is 2.66. The van der Waals surface area contributed by atoms with Crippen molar-refractivity contribution in [3.8, 4) is 0 Å². The average Bonchev–Trinajstić information content (AvgIpc) is 3.05. The SMILES string of the molecule is NC=CCc1cn([C@H]2CC[C@@H](COP(=O)(O)OP(=O)(O)OP(=O)(O)O)O2)c(=O)[nH]c1=O. The Bertz CT molecular complexity index is 1080. The minimum Gasteiger partial charge on any atom is -0.405 e. The molecule has 31 heavy (non-hydrogen) atoms. The third kappa shape index (κ3) is 8.22. The molecule has 7 N–H and O–H groups in total. The van der Waals surface area contributed by atoms with E-state index in [0.29, 0.717) is 0 Å². The summed E-state index contributed by atoms with van der Waals surface area (Å²) in [4.78, 5) is 61.5. The highest BCUT2D eigenvalue weighted by atomic mass is 31.3. The van der Waals surface area contributed by atoms with Gasteiger partial charge in [-0.25, -0.2) is 18.5 Å². The third-order valence-corrected chi connectivity index (χ3v) is 7.55. The number of hydrogen-bond donors (Lipinski definition) is 6. The largest absolute Gasteiger partial charge is 0.490 e. The van der Waals surface area contributed by atoms with Gasteiger partial charge in [0.2, 0.25) is 0 Å². The summed E-state index contributed by atoms with van der Waals surface area (Å²) in [5, 5.41) is 0. The third-order valence-electron chi connectivity index (χ3n) is 3.75. The lowest BCUT2D eigenvalue weighted by atomic mass is 10.2. The number of phosphoric ester groups is 1. The highest BCUT2D eigenvalue weighted by Gasteiger charge is 2.41. The summed E-state index contributed by atoms with van der Waals surface area (Å²) >= 11 is 0. The lowest BCUT2D eigenvalue weighted by molar-refractivity contribution is -0.0244. The van der Waals surface area contributed by atoms with Gasteiger partial charge < -0.3 is 30.0 Å². The molecule has 0 bridgehead atoms. The van der Waals surface area contributed by atoms with E-state index in [2.05, 4.69) is 18.1 Å². The lowest BCUT2D eigenvalue weighted by Crippen LogP contribution is -2.34. The number of ether oxygens (including phenoxy) is 1. The van der Waals surface area contributed by atoms with Gasteiger partial charge in [0.1, 0.15) is 6.23 Å². The molecule has 1 aromatic rings. The summed E-state index contributed by atoms with van der Waals surface area (Å²) in [5.41, 5.74) is 4.13. The zero-order chi connectivity index (χ0) is 23.4. The Labute approximate surface area is 173 Å². The molecule has 1 fully saturated rings. The van der Waals surface area contributed by atoms with Crippen molar-refractivity contribution >= 4 is 23.5 Å². The molecule has 2 rings (SSSR count). The van der Waals surface area contributed by atoms with Crippen molar-refractivity contribution < 1.29 is 51.2 Å². The summed E-state index contributed by atoms with van der Waals surface area (Å²) < 4.78 is 52.0. The quantitative estimate of drug-likeness (QED) is 0.220. The van der Waals surface area contributed by atoms with Crippen LogP contribution in [0.25, 0.3) is 0 Å². The van der Waals surface area contributed by atoms with Crippen molar-refractivity contribution in [2.75, 3.05) is 6.61 Å². The van der Waals surface area contributed by atoms with E-state index in [0.717, 1.165) is 4.57 Å². The summed E-state index contributed by atoms with van der Waals surface area (Å²) in [6.07, 6.45) is 2.96. The van der Waals surface area contributed by atoms with Crippen molar-refractivity contribution in [1.82, 2.24) is 9.55 Å². The maximum absolute atomic E-state index is 12.1. The maximum Gasteiger partial charge on any atom is 0.490 e. The number of allylic oxidation sites excluding steroid dienone is 1. The predicted octanol–water partition coefficient (Wildman–Crippen LogP) is -0.428. The molecule has 4 atom stereocenters. The maximum atomic E-state index is 12.1. The van der Waals surface area contributed by atoms with Crippen molar-refractivity contribution in [1.29, 1.82) is 0 Å². The molecule has 1 saturated heterocycles. The molecule has 0 aromatic carbocycles. The molecule has 1 aliphatic rings. The van der Waals surface area contributed by atoms with Crippen molar-refractivity contribution in [3.05, 3.63) is 44.9 Å². The molecule has 0 amide bonds. The van der Waals surface area contributed by atoms with E-state index >= 15 is 0 Å². The van der Waals surface area contributed by atoms with Gasteiger partial charge in [0.15, 0.2) is 0 Å². The smallest absolute Gasteiger partial charge is 0.405 e. The predicted molar refractivity (Wildman–Crippen MR) is 101 cm³/mol. The van der Waals surface area contributed by atoms with Crippen LogP contribution in [-0.2, 0) is 38.0 Å². The van der Waals surface area contributed by atoms with E-state index in [-0.39, 0.29) is 24.8 Å². The van der Waals surface area contributed by atoms with Crippen LogP contribution in [0.4, 0.5) is 0 Å². The van der Waals surface area contributed by atoms with Crippen LogP contribution < -0.4 is 17.0 Å². The highest BCUT2D eigenvalue weighted by molar-refractivity contribution is 7.66. The molecule has 16 nitrogen and oxygen atoms in total. The van der Waals surface area contributed by atoms with E-state index in [1.54, 1.807) is 0 Å². The van der Waals surface area contributed by atoms with Gasteiger partial charge in [-0.15, -0.1) is 0 Å². The Hall–Kier alpha value is -1.41. The molecule has 0 aliphatic carbocycles. The molecule has 0 saturated carbocycles. The zero-order valence-corrected chi connectivity index (χ0v) is 18.2. The van der Waals surface area contributed by atoms with Crippen LogP contribution in [0.15, 0.2) is 28.1 Å². The van der Waals surface area contributed by atoms with Crippen LogP contribution in [-0.4, -0.2) is 41.8 Å². The first kappa shape index (κ1) is 25.8. The molecule has 1 aromatic heterocycles. The van der Waals surface area contributed by atoms with E-state index in [9.17, 15) is 28.2 Å². The first-order chi connectivity index (χ1) is 14.2. The number of phosphoric acid groups is 3. The second-order valence-corrected chi connectivity index (χ2v) is 10.5. The zero-order valence-electron chi connectivity index (χ0n) is 15.5. The second kappa shape index (κ2) is 10.0. The van der Waals surface area contributed by atoms with Gasteiger partial charge in [-0.2, -0.15) is 8.62 Å². The number of nitrogens with one attached hydrogen (secondary N) is 1. The fourth-order valence-corrected chi connectivity index (χ4v) is 5.63. The Morgan fingerprint density at radius 2 is 1.84 bits per heavy atom. The van der Waals surface area contributed by atoms with Crippen LogP contribution in [0.5, 0.6) is 0 Å². The van der Waals surface area contributed by atoms with Crippen molar-refractivity contribution in [3.63, 3.8) is 0 Å². The van der Waals surface area contributed by atoms with Crippen LogP contribution in [0.1, 0.15) is 24.6 Å². The number of hydrogen-bond acceptors (Lipinski definition) is 10. The summed E-state index contributed by atoms with van der Waals surface area (Å²) in [5.74, 6) is 0. The Balaban J connectivity index is 2.00. The number of nitrogens with two attached hydrogens (primary N) is 1. The van der Waals surface area contributed by atoms with Gasteiger partial charge >= 0.3 is 29.2 Å². The Kier molecular flexibility index (Phi) is 8.36. The molecule has 0 radical (unpaired) electrons. The first-order valence-electron chi connectivity index (χ1n) is 8.36. The summed E-state index contributed by atoms with van der Waals surface area (Å²) in [6, 6.07) is 0. The average molecular weight is 507 g/mol. The summed E-state index contributed by atoms with van der Waals surface area (Å²) in [6.45, 7) is -0.638. The van der Waals surface area contributed by atoms with Crippen LogP contribution in [0.3, 0.4) is 0 Å². The Morgan fingerprint density at radius 3 is 2.45 bits per heavy atom. The minimum absolute atomic E-state index is 0.161. The van der Waals surface area contributed by atoms with Gasteiger partial charge in [0.05, 0.1) is 12.7 Å². The van der Waals surface area contributed by atoms with E-state index in [1.165, 1.54) is 18.5 Å². The normalized spacial score (nSPS) is 23.6. The molecule has 176 valence electrons. The molecule has 2 heterocycles. The topological polar surface area (TPSA) is 250 Å². The monoisotopic (exact) mass is 507 g/mol. The summed E-state index contributed by atoms with van der Waals surface area (Å²) in [7, 11) is -16.4. The van der Waals surface area contributed by atoms with E-state index in [1.807, 2.05) is 0 Å². The number of aromatic amines is 1.